The van der Waals surface area contributed by atoms with Crippen molar-refractivity contribution in [2.75, 3.05) is 33.8 Å². The summed E-state index contributed by atoms with van der Waals surface area (Å²) in [6, 6.07) is 7.72. The zero-order valence-electron chi connectivity index (χ0n) is 16.2. The third-order valence-electron chi connectivity index (χ3n) is 4.46. The highest BCUT2D eigenvalue weighted by Crippen LogP contribution is 2.11. The van der Waals surface area contributed by atoms with Gasteiger partial charge in [-0.3, -0.25) is 9.79 Å². The van der Waals surface area contributed by atoms with E-state index in [1.54, 1.807) is 25.1 Å². The SMILES string of the molecule is CCOC(=O)N1CCC(NC(=NC)NCc2cccc(C(=O)NC)c2)CC1. The zero-order chi connectivity index (χ0) is 19.6. The quantitative estimate of drug-likeness (QED) is 0.533. The van der Waals surface area contributed by atoms with Crippen LogP contribution in [0.1, 0.15) is 35.7 Å². The van der Waals surface area contributed by atoms with Crippen molar-refractivity contribution in [2.24, 2.45) is 4.99 Å². The molecule has 8 nitrogen and oxygen atoms in total. The summed E-state index contributed by atoms with van der Waals surface area (Å²) >= 11 is 0. The molecule has 0 unspecified atom stereocenters. The Bertz CT molecular complexity index is 669. The number of amides is 2. The summed E-state index contributed by atoms with van der Waals surface area (Å²) in [5.41, 5.74) is 1.63. The Labute approximate surface area is 160 Å². The first-order valence-electron chi connectivity index (χ1n) is 9.27. The van der Waals surface area contributed by atoms with Gasteiger partial charge in [-0.15, -0.1) is 0 Å². The predicted molar refractivity (Wildman–Crippen MR) is 105 cm³/mol. The molecule has 148 valence electrons. The number of piperidine rings is 1. The van der Waals surface area contributed by atoms with Crippen molar-refractivity contribution in [3.05, 3.63) is 35.4 Å². The van der Waals surface area contributed by atoms with Gasteiger partial charge in [-0.2, -0.15) is 0 Å². The van der Waals surface area contributed by atoms with Crippen molar-refractivity contribution in [3.8, 4) is 0 Å². The molecule has 0 radical (unpaired) electrons. The normalized spacial score (nSPS) is 15.2. The first-order chi connectivity index (χ1) is 13.1. The van der Waals surface area contributed by atoms with Crippen molar-refractivity contribution in [1.29, 1.82) is 0 Å². The van der Waals surface area contributed by atoms with Gasteiger partial charge in [-0.1, -0.05) is 12.1 Å². The Morgan fingerprint density at radius 3 is 2.67 bits per heavy atom. The molecule has 1 aliphatic rings. The number of aliphatic imine (C=N–C) groups is 1. The van der Waals surface area contributed by atoms with Gasteiger partial charge >= 0.3 is 6.09 Å². The van der Waals surface area contributed by atoms with Gasteiger partial charge in [0, 0.05) is 45.3 Å². The van der Waals surface area contributed by atoms with Crippen LogP contribution in [-0.4, -0.2) is 62.7 Å². The second-order valence-electron chi connectivity index (χ2n) is 6.31. The van der Waals surface area contributed by atoms with Gasteiger partial charge in [0.1, 0.15) is 0 Å². The first kappa shape index (κ1) is 20.5. The fourth-order valence-electron chi connectivity index (χ4n) is 2.96. The van der Waals surface area contributed by atoms with Gasteiger partial charge in [0.25, 0.3) is 5.91 Å². The highest BCUT2D eigenvalue weighted by molar-refractivity contribution is 5.94. The number of rotatable bonds is 5. The van der Waals surface area contributed by atoms with Gasteiger partial charge in [0.2, 0.25) is 0 Å². The lowest BCUT2D eigenvalue weighted by molar-refractivity contribution is 0.0955. The molecule has 8 heteroatoms. The molecule has 2 rings (SSSR count). The lowest BCUT2D eigenvalue weighted by Crippen LogP contribution is -2.49. The standard InChI is InChI=1S/C19H29N5O3/c1-4-27-19(26)24-10-8-16(9-11-24)23-18(21-3)22-13-14-6-5-7-15(12-14)17(25)20-2/h5-7,12,16H,4,8-11,13H2,1-3H3,(H,20,25)(H2,21,22,23). The molecule has 1 fully saturated rings. The van der Waals surface area contributed by atoms with Gasteiger partial charge in [-0.25, -0.2) is 4.79 Å². The lowest BCUT2D eigenvalue weighted by Gasteiger charge is -2.32. The monoisotopic (exact) mass is 375 g/mol. The molecule has 3 N–H and O–H groups in total. The molecule has 0 aromatic heterocycles. The second kappa shape index (κ2) is 10.4. The van der Waals surface area contributed by atoms with E-state index in [4.69, 9.17) is 4.74 Å². The minimum absolute atomic E-state index is 0.104. The topological polar surface area (TPSA) is 95.1 Å². The van der Waals surface area contributed by atoms with Crippen LogP contribution in [0.15, 0.2) is 29.3 Å². The number of benzene rings is 1. The largest absolute Gasteiger partial charge is 0.450 e. The average molecular weight is 375 g/mol. The van der Waals surface area contributed by atoms with E-state index in [2.05, 4.69) is 20.9 Å². The van der Waals surface area contributed by atoms with Crippen LogP contribution >= 0.6 is 0 Å². The number of ether oxygens (including phenoxy) is 1. The lowest BCUT2D eigenvalue weighted by atomic mass is 10.1. The van der Waals surface area contributed by atoms with Crippen molar-refractivity contribution >= 4 is 18.0 Å². The van der Waals surface area contributed by atoms with E-state index in [0.717, 1.165) is 18.4 Å². The Kier molecular flexibility index (Phi) is 7.91. The summed E-state index contributed by atoms with van der Waals surface area (Å²) in [6.45, 7) is 4.11. The fourth-order valence-corrected chi connectivity index (χ4v) is 2.96. The van der Waals surface area contributed by atoms with Gasteiger partial charge in [0.15, 0.2) is 5.96 Å². The smallest absolute Gasteiger partial charge is 0.409 e. The summed E-state index contributed by atoms with van der Waals surface area (Å²) < 4.78 is 5.04. The van der Waals surface area contributed by atoms with Crippen molar-refractivity contribution < 1.29 is 14.3 Å². The number of guanidine groups is 1. The third kappa shape index (κ3) is 6.16. The number of carbonyl (C=O) groups excluding carboxylic acids is 2. The van der Waals surface area contributed by atoms with E-state index in [1.807, 2.05) is 25.1 Å². The number of hydrogen-bond donors (Lipinski definition) is 3. The molecular formula is C19H29N5O3. The Balaban J connectivity index is 1.82. The van der Waals surface area contributed by atoms with E-state index >= 15 is 0 Å². The molecule has 27 heavy (non-hydrogen) atoms. The number of carbonyl (C=O) groups is 2. The molecule has 1 aliphatic heterocycles. The Morgan fingerprint density at radius 1 is 1.30 bits per heavy atom. The van der Waals surface area contributed by atoms with E-state index in [-0.39, 0.29) is 18.0 Å². The summed E-state index contributed by atoms with van der Waals surface area (Å²) in [7, 11) is 3.34. The molecule has 0 atom stereocenters. The van der Waals surface area contributed by atoms with Crippen LogP contribution in [0.5, 0.6) is 0 Å². The van der Waals surface area contributed by atoms with Crippen LogP contribution in [0.25, 0.3) is 0 Å². The van der Waals surface area contributed by atoms with Crippen LogP contribution in [0.4, 0.5) is 4.79 Å². The first-order valence-corrected chi connectivity index (χ1v) is 9.27. The number of hydrogen-bond acceptors (Lipinski definition) is 4. The summed E-state index contributed by atoms with van der Waals surface area (Å²) in [5.74, 6) is 0.600. The van der Waals surface area contributed by atoms with E-state index in [1.165, 1.54) is 0 Å². The highest BCUT2D eigenvalue weighted by Gasteiger charge is 2.24. The molecule has 0 bridgehead atoms. The van der Waals surface area contributed by atoms with E-state index < -0.39 is 0 Å². The van der Waals surface area contributed by atoms with Crippen LogP contribution in [0.2, 0.25) is 0 Å². The van der Waals surface area contributed by atoms with Crippen molar-refractivity contribution in [3.63, 3.8) is 0 Å². The molecule has 1 aromatic rings. The maximum absolute atomic E-state index is 11.8. The van der Waals surface area contributed by atoms with E-state index in [9.17, 15) is 9.59 Å². The number of likely N-dealkylation sites (tertiary alicyclic amines) is 1. The van der Waals surface area contributed by atoms with Crippen LogP contribution in [0.3, 0.4) is 0 Å². The third-order valence-corrected chi connectivity index (χ3v) is 4.46. The predicted octanol–water partition coefficient (Wildman–Crippen LogP) is 1.33. The van der Waals surface area contributed by atoms with Gasteiger partial charge in [0.05, 0.1) is 6.61 Å². The van der Waals surface area contributed by atoms with Gasteiger partial charge < -0.3 is 25.6 Å². The number of nitrogens with zero attached hydrogens (tertiary/aromatic N) is 2. The molecule has 2 amide bonds. The van der Waals surface area contributed by atoms with E-state index in [0.29, 0.717) is 37.8 Å². The highest BCUT2D eigenvalue weighted by atomic mass is 16.6. The minimum atomic E-state index is -0.241. The summed E-state index contributed by atoms with van der Waals surface area (Å²) in [6.07, 6.45) is 1.44. The molecule has 0 saturated carbocycles. The summed E-state index contributed by atoms with van der Waals surface area (Å²) in [4.78, 5) is 29.5. The van der Waals surface area contributed by atoms with Crippen molar-refractivity contribution in [1.82, 2.24) is 20.9 Å². The number of nitrogens with one attached hydrogen (secondary N) is 3. The maximum atomic E-state index is 11.8. The Hall–Kier alpha value is -2.77. The Morgan fingerprint density at radius 2 is 2.04 bits per heavy atom. The fraction of sp³-hybridized carbons (Fsp3) is 0.526. The molecule has 1 saturated heterocycles. The zero-order valence-corrected chi connectivity index (χ0v) is 16.2. The van der Waals surface area contributed by atoms with Gasteiger partial charge in [-0.05, 0) is 37.5 Å². The summed E-state index contributed by atoms with van der Waals surface area (Å²) in [5, 5.41) is 9.30. The van der Waals surface area contributed by atoms with Crippen LogP contribution in [-0.2, 0) is 11.3 Å². The molecular weight excluding hydrogens is 346 g/mol. The molecule has 0 aliphatic carbocycles. The molecule has 0 spiro atoms. The minimum Gasteiger partial charge on any atom is -0.450 e. The second-order valence-corrected chi connectivity index (χ2v) is 6.31. The molecule has 1 heterocycles. The maximum Gasteiger partial charge on any atom is 0.409 e. The molecule has 1 aromatic carbocycles. The average Bonchev–Trinajstić information content (AvgIpc) is 2.71. The van der Waals surface area contributed by atoms with Crippen LogP contribution < -0.4 is 16.0 Å². The van der Waals surface area contributed by atoms with Crippen LogP contribution in [0, 0.1) is 0 Å². The van der Waals surface area contributed by atoms with Crippen molar-refractivity contribution in [2.45, 2.75) is 32.4 Å².